The Labute approximate surface area is 157 Å². The van der Waals surface area contributed by atoms with Crippen molar-refractivity contribution in [2.24, 2.45) is 0 Å². The van der Waals surface area contributed by atoms with Crippen molar-refractivity contribution in [3.05, 3.63) is 53.2 Å². The quantitative estimate of drug-likeness (QED) is 0.644. The van der Waals surface area contributed by atoms with E-state index < -0.39 is 10.0 Å². The van der Waals surface area contributed by atoms with Gasteiger partial charge in [0.15, 0.2) is 0 Å². The first-order chi connectivity index (χ1) is 12.4. The second kappa shape index (κ2) is 7.57. The molecule has 0 saturated carbocycles. The van der Waals surface area contributed by atoms with Crippen molar-refractivity contribution in [3.63, 3.8) is 0 Å². The van der Waals surface area contributed by atoms with Crippen LogP contribution in [0.1, 0.15) is 5.56 Å². The highest BCUT2D eigenvalue weighted by atomic mass is 35.5. The number of aromatic nitrogens is 1. The Hall–Kier alpha value is -2.22. The molecule has 0 aliphatic carbocycles. The summed E-state index contributed by atoms with van der Waals surface area (Å²) in [7, 11) is -0.826. The van der Waals surface area contributed by atoms with Crippen LogP contribution in [0.3, 0.4) is 0 Å². The van der Waals surface area contributed by atoms with Crippen molar-refractivity contribution < 1.29 is 17.9 Å². The van der Waals surface area contributed by atoms with Gasteiger partial charge in [0.2, 0.25) is 10.0 Å². The lowest BCUT2D eigenvalue weighted by molar-refractivity contribution is 0.392. The molecule has 0 fully saturated rings. The fourth-order valence-electron chi connectivity index (χ4n) is 2.76. The molecule has 0 aliphatic heterocycles. The first-order valence-corrected chi connectivity index (χ1v) is 9.78. The first kappa shape index (κ1) is 18.6. The number of rotatable bonds is 7. The molecule has 1 heterocycles. The average Bonchev–Trinajstić information content (AvgIpc) is 3.03. The largest absolute Gasteiger partial charge is 0.497 e. The third kappa shape index (κ3) is 3.80. The van der Waals surface area contributed by atoms with Gasteiger partial charge in [0.05, 0.1) is 14.2 Å². The predicted molar refractivity (Wildman–Crippen MR) is 102 cm³/mol. The van der Waals surface area contributed by atoms with E-state index in [1.54, 1.807) is 12.1 Å². The van der Waals surface area contributed by atoms with Crippen LogP contribution in [0.25, 0.3) is 10.9 Å². The summed E-state index contributed by atoms with van der Waals surface area (Å²) in [6, 6.07) is 10.2. The number of halogens is 1. The lowest BCUT2D eigenvalue weighted by Gasteiger charge is -2.12. The second-order valence-electron chi connectivity index (χ2n) is 5.67. The molecule has 2 aromatic carbocycles. The number of nitrogens with one attached hydrogen (secondary N) is 2. The minimum absolute atomic E-state index is 0.0464. The van der Waals surface area contributed by atoms with E-state index in [-0.39, 0.29) is 17.2 Å². The summed E-state index contributed by atoms with van der Waals surface area (Å²) in [6.07, 6.45) is 2.40. The molecule has 0 amide bonds. The molecule has 0 spiro atoms. The summed E-state index contributed by atoms with van der Waals surface area (Å²) in [5.74, 6) is 0.708. The van der Waals surface area contributed by atoms with Crippen LogP contribution in [-0.2, 0) is 16.4 Å². The third-order valence-corrected chi connectivity index (χ3v) is 5.79. The van der Waals surface area contributed by atoms with Crippen LogP contribution in [0.5, 0.6) is 11.5 Å². The SMILES string of the molecule is COc1ccc(OC)c(S(=O)(=O)NCCc2c[nH]c3cc(Cl)ccc23)c1. The van der Waals surface area contributed by atoms with Crippen molar-refractivity contribution in [3.8, 4) is 11.5 Å². The van der Waals surface area contributed by atoms with E-state index in [1.165, 1.54) is 20.3 Å². The summed E-state index contributed by atoms with van der Waals surface area (Å²) >= 11 is 5.98. The number of aromatic amines is 1. The van der Waals surface area contributed by atoms with E-state index in [0.717, 1.165) is 16.5 Å². The predicted octanol–water partition coefficient (Wildman–Crippen LogP) is 3.36. The Kier molecular flexibility index (Phi) is 5.41. The summed E-state index contributed by atoms with van der Waals surface area (Å²) < 4.78 is 38.2. The Balaban J connectivity index is 1.76. The summed E-state index contributed by atoms with van der Waals surface area (Å²) in [4.78, 5) is 3.19. The van der Waals surface area contributed by atoms with Crippen molar-refractivity contribution in [2.45, 2.75) is 11.3 Å². The highest BCUT2D eigenvalue weighted by Gasteiger charge is 2.20. The Morgan fingerprint density at radius 1 is 1.12 bits per heavy atom. The topological polar surface area (TPSA) is 80.4 Å². The number of H-pyrrole nitrogens is 1. The van der Waals surface area contributed by atoms with Gasteiger partial charge in [-0.2, -0.15) is 0 Å². The third-order valence-electron chi connectivity index (χ3n) is 4.08. The van der Waals surface area contributed by atoms with Crippen molar-refractivity contribution in [1.29, 1.82) is 0 Å². The van der Waals surface area contributed by atoms with Gasteiger partial charge in [-0.3, -0.25) is 0 Å². The minimum atomic E-state index is -3.74. The van der Waals surface area contributed by atoms with E-state index >= 15 is 0 Å². The van der Waals surface area contributed by atoms with Gasteiger partial charge in [0.1, 0.15) is 16.4 Å². The van der Waals surface area contributed by atoms with Crippen LogP contribution in [0.15, 0.2) is 47.5 Å². The zero-order valence-electron chi connectivity index (χ0n) is 14.4. The summed E-state index contributed by atoms with van der Waals surface area (Å²) in [5, 5.41) is 1.67. The molecule has 0 bridgehead atoms. The van der Waals surface area contributed by atoms with Crippen molar-refractivity contribution in [1.82, 2.24) is 9.71 Å². The van der Waals surface area contributed by atoms with Gasteiger partial charge in [0.25, 0.3) is 0 Å². The second-order valence-corrected chi connectivity index (χ2v) is 7.84. The maximum atomic E-state index is 12.6. The average molecular weight is 395 g/mol. The lowest BCUT2D eigenvalue weighted by atomic mass is 10.1. The molecule has 3 rings (SSSR count). The van der Waals surface area contributed by atoms with E-state index in [0.29, 0.717) is 17.2 Å². The maximum Gasteiger partial charge on any atom is 0.244 e. The number of fused-ring (bicyclic) bond motifs is 1. The van der Waals surface area contributed by atoms with E-state index in [9.17, 15) is 8.42 Å². The zero-order chi connectivity index (χ0) is 18.7. The van der Waals surface area contributed by atoms with E-state index in [4.69, 9.17) is 21.1 Å². The minimum Gasteiger partial charge on any atom is -0.497 e. The highest BCUT2D eigenvalue weighted by molar-refractivity contribution is 7.89. The molecule has 2 N–H and O–H groups in total. The molecule has 0 aliphatic rings. The van der Waals surface area contributed by atoms with E-state index in [1.807, 2.05) is 24.4 Å². The van der Waals surface area contributed by atoms with Gasteiger partial charge in [0, 0.05) is 34.7 Å². The van der Waals surface area contributed by atoms with Gasteiger partial charge >= 0.3 is 0 Å². The van der Waals surface area contributed by atoms with Crippen LogP contribution >= 0.6 is 11.6 Å². The maximum absolute atomic E-state index is 12.6. The van der Waals surface area contributed by atoms with E-state index in [2.05, 4.69) is 9.71 Å². The Bertz CT molecular complexity index is 1030. The number of sulfonamides is 1. The molecule has 0 radical (unpaired) electrons. The molecule has 8 heteroatoms. The number of methoxy groups -OCH3 is 2. The van der Waals surface area contributed by atoms with Crippen LogP contribution in [0.2, 0.25) is 5.02 Å². The molecule has 0 unspecified atom stereocenters. The molecule has 6 nitrogen and oxygen atoms in total. The molecular weight excluding hydrogens is 376 g/mol. The number of ether oxygens (including phenoxy) is 2. The van der Waals surface area contributed by atoms with Gasteiger partial charge in [-0.15, -0.1) is 0 Å². The van der Waals surface area contributed by atoms with Crippen molar-refractivity contribution in [2.75, 3.05) is 20.8 Å². The number of hydrogen-bond donors (Lipinski definition) is 2. The molecule has 1 aromatic heterocycles. The Morgan fingerprint density at radius 2 is 1.92 bits per heavy atom. The zero-order valence-corrected chi connectivity index (χ0v) is 15.9. The van der Waals surface area contributed by atoms with Crippen LogP contribution in [0, 0.1) is 0 Å². The molecule has 0 saturated heterocycles. The first-order valence-electron chi connectivity index (χ1n) is 7.92. The number of benzene rings is 2. The number of hydrogen-bond acceptors (Lipinski definition) is 4. The lowest BCUT2D eigenvalue weighted by Crippen LogP contribution is -2.26. The van der Waals surface area contributed by atoms with Crippen LogP contribution < -0.4 is 14.2 Å². The molecule has 3 aromatic rings. The van der Waals surface area contributed by atoms with Gasteiger partial charge in [-0.25, -0.2) is 13.1 Å². The Morgan fingerprint density at radius 3 is 2.65 bits per heavy atom. The standard InChI is InChI=1S/C18H19ClN2O4S/c1-24-14-4-6-17(25-2)18(10-14)26(22,23)21-8-7-12-11-20-16-9-13(19)3-5-15(12)16/h3-6,9-11,20-21H,7-8H2,1-2H3. The van der Waals surface area contributed by atoms with Crippen LogP contribution in [0.4, 0.5) is 0 Å². The summed E-state index contributed by atoms with van der Waals surface area (Å²) in [6.45, 7) is 0.248. The normalized spacial score (nSPS) is 11.7. The summed E-state index contributed by atoms with van der Waals surface area (Å²) in [5.41, 5.74) is 1.93. The fourth-order valence-corrected chi connectivity index (χ4v) is 4.14. The van der Waals surface area contributed by atoms with Crippen molar-refractivity contribution >= 4 is 32.5 Å². The highest BCUT2D eigenvalue weighted by Crippen LogP contribution is 2.28. The molecular formula is C18H19ClN2O4S. The smallest absolute Gasteiger partial charge is 0.244 e. The van der Waals surface area contributed by atoms with Gasteiger partial charge in [-0.1, -0.05) is 17.7 Å². The van der Waals surface area contributed by atoms with Gasteiger partial charge in [-0.05, 0) is 36.2 Å². The van der Waals surface area contributed by atoms with Crippen LogP contribution in [-0.4, -0.2) is 34.2 Å². The molecule has 26 heavy (non-hydrogen) atoms. The fraction of sp³-hybridized carbons (Fsp3) is 0.222. The molecule has 138 valence electrons. The van der Waals surface area contributed by atoms with Gasteiger partial charge < -0.3 is 14.5 Å². The molecule has 0 atom stereocenters. The monoisotopic (exact) mass is 394 g/mol.